The first-order valence-electron chi connectivity index (χ1n) is 10.1. The number of benzene rings is 1. The molecule has 0 aromatic heterocycles. The molecule has 2 saturated heterocycles. The van der Waals surface area contributed by atoms with Crippen LogP contribution in [0.2, 0.25) is 0 Å². The molecular weight excluding hydrogens is 326 g/mol. The van der Waals surface area contributed by atoms with Crippen molar-refractivity contribution in [2.75, 3.05) is 13.2 Å². The summed E-state index contributed by atoms with van der Waals surface area (Å²) in [5.41, 5.74) is -0.0439. The molecule has 1 aromatic carbocycles. The van der Waals surface area contributed by atoms with Crippen LogP contribution >= 0.6 is 0 Å². The van der Waals surface area contributed by atoms with Crippen molar-refractivity contribution in [2.24, 2.45) is 5.92 Å². The van der Waals surface area contributed by atoms with E-state index in [1.807, 2.05) is 37.3 Å². The number of nitrogens with one attached hydrogen (secondary N) is 1. The van der Waals surface area contributed by atoms with Crippen LogP contribution in [-0.2, 0) is 10.3 Å². The number of imide groups is 1. The van der Waals surface area contributed by atoms with E-state index >= 15 is 0 Å². The maximum Gasteiger partial charge on any atom is 0.326 e. The van der Waals surface area contributed by atoms with Crippen molar-refractivity contribution >= 4 is 11.9 Å². The van der Waals surface area contributed by atoms with Gasteiger partial charge >= 0.3 is 6.03 Å². The lowest BCUT2D eigenvalue weighted by molar-refractivity contribution is -0.134. The lowest BCUT2D eigenvalue weighted by Gasteiger charge is -2.45. The molecule has 0 bridgehead atoms. The molecule has 5 nitrogen and oxygen atoms in total. The first-order chi connectivity index (χ1) is 12.7. The number of hydrogen-bond donors (Lipinski definition) is 1. The SMILES string of the molecule is CC[C@@]1(c2ccccc2)NC(=O)N(CN2CCC[C@H]3CCCC[C@@H]32)C1=O. The Labute approximate surface area is 155 Å². The largest absolute Gasteiger partial charge is 0.326 e. The van der Waals surface area contributed by atoms with Crippen LogP contribution in [0.5, 0.6) is 0 Å². The van der Waals surface area contributed by atoms with Crippen LogP contribution in [0.25, 0.3) is 0 Å². The van der Waals surface area contributed by atoms with Gasteiger partial charge in [0.1, 0.15) is 5.54 Å². The number of nitrogens with zero attached hydrogens (tertiary/aromatic N) is 2. The lowest BCUT2D eigenvalue weighted by Crippen LogP contribution is -2.52. The minimum absolute atomic E-state index is 0.103. The van der Waals surface area contributed by atoms with Crippen LogP contribution in [0.15, 0.2) is 30.3 Å². The van der Waals surface area contributed by atoms with Crippen LogP contribution in [0, 0.1) is 5.92 Å². The highest BCUT2D eigenvalue weighted by Crippen LogP contribution is 2.37. The third-order valence-electron chi connectivity index (χ3n) is 6.65. The zero-order chi connectivity index (χ0) is 18.1. The van der Waals surface area contributed by atoms with Gasteiger partial charge < -0.3 is 5.32 Å². The quantitative estimate of drug-likeness (QED) is 0.842. The van der Waals surface area contributed by atoms with Gasteiger partial charge in [-0.3, -0.25) is 9.69 Å². The minimum atomic E-state index is -0.917. The summed E-state index contributed by atoms with van der Waals surface area (Å²) < 4.78 is 0. The zero-order valence-electron chi connectivity index (χ0n) is 15.6. The van der Waals surface area contributed by atoms with Crippen molar-refractivity contribution in [2.45, 2.75) is 63.5 Å². The summed E-state index contributed by atoms with van der Waals surface area (Å²) in [6.07, 6.45) is 8.11. The molecule has 1 N–H and O–H groups in total. The number of amides is 3. The molecule has 2 aliphatic heterocycles. The number of hydrogen-bond acceptors (Lipinski definition) is 3. The van der Waals surface area contributed by atoms with Gasteiger partial charge in [-0.2, -0.15) is 0 Å². The van der Waals surface area contributed by atoms with Crippen LogP contribution in [0.1, 0.15) is 57.4 Å². The van der Waals surface area contributed by atoms with Gasteiger partial charge in [-0.1, -0.05) is 50.1 Å². The van der Waals surface area contributed by atoms with Crippen molar-refractivity contribution < 1.29 is 9.59 Å². The summed E-state index contributed by atoms with van der Waals surface area (Å²) >= 11 is 0. The minimum Gasteiger partial charge on any atom is -0.319 e. The fourth-order valence-corrected chi connectivity index (χ4v) is 5.20. The first-order valence-corrected chi connectivity index (χ1v) is 10.1. The van der Waals surface area contributed by atoms with Crippen LogP contribution in [0.3, 0.4) is 0 Å². The molecule has 0 spiro atoms. The number of fused-ring (bicyclic) bond motifs is 1. The van der Waals surface area contributed by atoms with Crippen molar-refractivity contribution in [1.29, 1.82) is 0 Å². The van der Waals surface area contributed by atoms with E-state index in [-0.39, 0.29) is 11.9 Å². The fraction of sp³-hybridized carbons (Fsp3) is 0.619. The van der Waals surface area contributed by atoms with E-state index in [4.69, 9.17) is 0 Å². The Kier molecular flexibility index (Phi) is 4.74. The molecule has 3 amide bonds. The number of urea groups is 1. The molecule has 1 aliphatic carbocycles. The smallest absolute Gasteiger partial charge is 0.319 e. The van der Waals surface area contributed by atoms with Gasteiger partial charge in [-0.25, -0.2) is 9.69 Å². The number of likely N-dealkylation sites (tertiary alicyclic amines) is 1. The van der Waals surface area contributed by atoms with E-state index < -0.39 is 5.54 Å². The molecule has 3 atom stereocenters. The van der Waals surface area contributed by atoms with Crippen molar-refractivity contribution in [3.8, 4) is 0 Å². The van der Waals surface area contributed by atoms with Crippen LogP contribution in [-0.4, -0.2) is 41.0 Å². The van der Waals surface area contributed by atoms with Crippen LogP contribution in [0.4, 0.5) is 4.79 Å². The van der Waals surface area contributed by atoms with Gasteiger partial charge in [0.15, 0.2) is 0 Å². The van der Waals surface area contributed by atoms with E-state index in [9.17, 15) is 9.59 Å². The number of piperidine rings is 1. The Morgan fingerprint density at radius 1 is 1.08 bits per heavy atom. The third-order valence-corrected chi connectivity index (χ3v) is 6.65. The molecule has 26 heavy (non-hydrogen) atoms. The van der Waals surface area contributed by atoms with Crippen molar-refractivity contribution in [1.82, 2.24) is 15.1 Å². The summed E-state index contributed by atoms with van der Waals surface area (Å²) in [5.74, 6) is 0.637. The molecule has 3 fully saturated rings. The number of carbonyl (C=O) groups is 2. The van der Waals surface area contributed by atoms with Gasteiger partial charge in [-0.05, 0) is 43.6 Å². The summed E-state index contributed by atoms with van der Waals surface area (Å²) in [4.78, 5) is 29.9. The maximum atomic E-state index is 13.3. The average Bonchev–Trinajstić information content (AvgIpc) is 2.94. The lowest BCUT2D eigenvalue weighted by atomic mass is 9.78. The highest BCUT2D eigenvalue weighted by Gasteiger charge is 2.52. The van der Waals surface area contributed by atoms with Crippen LogP contribution < -0.4 is 5.32 Å². The van der Waals surface area contributed by atoms with Gasteiger partial charge in [0.05, 0.1) is 6.67 Å². The van der Waals surface area contributed by atoms with Crippen molar-refractivity contribution in [3.05, 3.63) is 35.9 Å². The molecule has 140 valence electrons. The Hall–Kier alpha value is -1.88. The van der Waals surface area contributed by atoms with E-state index in [0.29, 0.717) is 19.1 Å². The molecular formula is C21H29N3O2. The van der Waals surface area contributed by atoms with E-state index in [2.05, 4.69) is 10.2 Å². The fourth-order valence-electron chi connectivity index (χ4n) is 5.20. The third kappa shape index (κ3) is 2.82. The Bertz CT molecular complexity index is 675. The Morgan fingerprint density at radius 2 is 1.81 bits per heavy atom. The van der Waals surface area contributed by atoms with E-state index in [1.54, 1.807) is 0 Å². The Balaban J connectivity index is 1.56. The molecule has 4 rings (SSSR count). The zero-order valence-corrected chi connectivity index (χ0v) is 15.6. The molecule has 2 heterocycles. The first kappa shape index (κ1) is 17.5. The van der Waals surface area contributed by atoms with E-state index in [0.717, 1.165) is 18.0 Å². The van der Waals surface area contributed by atoms with Gasteiger partial charge in [0.25, 0.3) is 5.91 Å². The standard InChI is InChI=1S/C21H29N3O2/c1-2-21(17-11-4-3-5-12-17)19(25)24(20(26)22-21)15-23-14-8-10-16-9-6-7-13-18(16)23/h3-5,11-12,16,18H,2,6-10,13-15H2,1H3,(H,22,26)/t16-,18+,21+/m1/s1. The summed E-state index contributed by atoms with van der Waals surface area (Å²) in [6.45, 7) is 3.38. The number of carbonyl (C=O) groups excluding carboxylic acids is 2. The molecule has 1 saturated carbocycles. The monoisotopic (exact) mass is 355 g/mol. The average molecular weight is 355 g/mol. The number of rotatable bonds is 4. The molecule has 0 radical (unpaired) electrons. The van der Waals surface area contributed by atoms with Crippen molar-refractivity contribution in [3.63, 3.8) is 0 Å². The highest BCUT2D eigenvalue weighted by molar-refractivity contribution is 6.07. The Morgan fingerprint density at radius 3 is 2.58 bits per heavy atom. The molecule has 0 unspecified atom stereocenters. The molecule has 1 aromatic rings. The second-order valence-corrected chi connectivity index (χ2v) is 8.00. The van der Waals surface area contributed by atoms with E-state index in [1.165, 1.54) is 43.4 Å². The summed E-state index contributed by atoms with van der Waals surface area (Å²) in [6, 6.07) is 9.93. The second kappa shape index (κ2) is 7.03. The summed E-state index contributed by atoms with van der Waals surface area (Å²) in [7, 11) is 0. The predicted octanol–water partition coefficient (Wildman–Crippen LogP) is 3.46. The topological polar surface area (TPSA) is 52.7 Å². The highest BCUT2D eigenvalue weighted by atomic mass is 16.2. The molecule has 3 aliphatic rings. The second-order valence-electron chi connectivity index (χ2n) is 8.00. The predicted molar refractivity (Wildman–Crippen MR) is 100 cm³/mol. The maximum absolute atomic E-state index is 13.3. The normalized spacial score (nSPS) is 32.4. The summed E-state index contributed by atoms with van der Waals surface area (Å²) in [5, 5.41) is 3.01. The van der Waals surface area contributed by atoms with Gasteiger partial charge in [-0.15, -0.1) is 0 Å². The van der Waals surface area contributed by atoms with Gasteiger partial charge in [0, 0.05) is 12.6 Å². The molecule has 5 heteroatoms. The van der Waals surface area contributed by atoms with Gasteiger partial charge in [0.2, 0.25) is 0 Å².